The number of nitrogens with one attached hydrogen (secondary N) is 2. The molecule has 116 valence electrons. The van der Waals surface area contributed by atoms with Crippen molar-refractivity contribution < 1.29 is 4.79 Å². The van der Waals surface area contributed by atoms with Crippen molar-refractivity contribution in [2.75, 3.05) is 31.6 Å². The molecule has 1 aromatic rings. The van der Waals surface area contributed by atoms with Crippen LogP contribution in [0.25, 0.3) is 0 Å². The summed E-state index contributed by atoms with van der Waals surface area (Å²) in [4.78, 5) is 14.2. The molecule has 1 aromatic carbocycles. The van der Waals surface area contributed by atoms with Crippen LogP contribution in [0.15, 0.2) is 18.2 Å². The van der Waals surface area contributed by atoms with Crippen LogP contribution in [0, 0.1) is 12.8 Å². The first-order valence-electron chi connectivity index (χ1n) is 7.92. The number of carbonyl (C=O) groups excluding carboxylic acids is 1. The van der Waals surface area contributed by atoms with Crippen LogP contribution in [0.3, 0.4) is 0 Å². The number of benzene rings is 1. The second-order valence-corrected chi connectivity index (χ2v) is 5.80. The zero-order chi connectivity index (χ0) is 15.2. The molecule has 4 nitrogen and oxygen atoms in total. The van der Waals surface area contributed by atoms with Crippen LogP contribution in [0.4, 0.5) is 5.69 Å². The maximum Gasteiger partial charge on any atom is 0.224 e. The van der Waals surface area contributed by atoms with E-state index in [-0.39, 0.29) is 11.8 Å². The van der Waals surface area contributed by atoms with Gasteiger partial charge in [0, 0.05) is 32.4 Å². The summed E-state index contributed by atoms with van der Waals surface area (Å²) >= 11 is 0. The van der Waals surface area contributed by atoms with E-state index in [2.05, 4.69) is 47.6 Å². The molecule has 21 heavy (non-hydrogen) atoms. The van der Waals surface area contributed by atoms with Gasteiger partial charge in [0.25, 0.3) is 0 Å². The average molecular weight is 289 g/mol. The van der Waals surface area contributed by atoms with Crippen LogP contribution < -0.4 is 15.5 Å². The Kier molecular flexibility index (Phi) is 5.62. The third-order valence-corrected chi connectivity index (χ3v) is 4.22. The Morgan fingerprint density at radius 1 is 1.43 bits per heavy atom. The number of hydrogen-bond acceptors (Lipinski definition) is 3. The van der Waals surface area contributed by atoms with Crippen molar-refractivity contribution in [3.63, 3.8) is 0 Å². The first-order valence-corrected chi connectivity index (χ1v) is 7.92. The van der Waals surface area contributed by atoms with Gasteiger partial charge in [-0.25, -0.2) is 0 Å². The summed E-state index contributed by atoms with van der Waals surface area (Å²) in [5.74, 6) is 0.283. The molecular weight excluding hydrogens is 262 g/mol. The van der Waals surface area contributed by atoms with Gasteiger partial charge >= 0.3 is 0 Å². The summed E-state index contributed by atoms with van der Waals surface area (Å²) in [6.07, 6.45) is 2.07. The van der Waals surface area contributed by atoms with Gasteiger partial charge in [-0.15, -0.1) is 0 Å². The van der Waals surface area contributed by atoms with Gasteiger partial charge in [-0.3, -0.25) is 4.79 Å². The van der Waals surface area contributed by atoms with Gasteiger partial charge in [-0.1, -0.05) is 19.1 Å². The fourth-order valence-electron chi connectivity index (χ4n) is 3.07. The van der Waals surface area contributed by atoms with Crippen molar-refractivity contribution in [2.45, 2.75) is 33.2 Å². The summed E-state index contributed by atoms with van der Waals surface area (Å²) in [7, 11) is 1.72. The zero-order valence-corrected chi connectivity index (χ0v) is 13.4. The third kappa shape index (κ3) is 3.97. The molecule has 2 rings (SSSR count). The van der Waals surface area contributed by atoms with E-state index in [1.54, 1.807) is 7.05 Å². The number of hydrogen-bond donors (Lipinski definition) is 2. The number of rotatable bonds is 5. The quantitative estimate of drug-likeness (QED) is 0.872. The van der Waals surface area contributed by atoms with Crippen molar-refractivity contribution in [3.05, 3.63) is 29.3 Å². The lowest BCUT2D eigenvalue weighted by Crippen LogP contribution is -2.42. The molecule has 1 unspecified atom stereocenters. The van der Waals surface area contributed by atoms with E-state index < -0.39 is 0 Å². The van der Waals surface area contributed by atoms with Crippen LogP contribution >= 0.6 is 0 Å². The fourth-order valence-corrected chi connectivity index (χ4v) is 3.07. The van der Waals surface area contributed by atoms with E-state index in [1.807, 2.05) is 0 Å². The first kappa shape index (κ1) is 15.8. The Hall–Kier alpha value is -1.55. The number of piperidine rings is 1. The highest BCUT2D eigenvalue weighted by atomic mass is 16.1. The molecule has 0 radical (unpaired) electrons. The molecule has 1 aliphatic heterocycles. The highest BCUT2D eigenvalue weighted by Gasteiger charge is 2.25. The molecule has 0 aliphatic carbocycles. The molecular formula is C17H27N3O. The van der Waals surface area contributed by atoms with Gasteiger partial charge in [-0.2, -0.15) is 0 Å². The van der Waals surface area contributed by atoms with E-state index >= 15 is 0 Å². The van der Waals surface area contributed by atoms with Crippen LogP contribution in [-0.4, -0.2) is 32.6 Å². The van der Waals surface area contributed by atoms with E-state index in [1.165, 1.54) is 16.8 Å². The Morgan fingerprint density at radius 2 is 2.24 bits per heavy atom. The number of nitrogens with zero attached hydrogens (tertiary/aromatic N) is 1. The monoisotopic (exact) mass is 289 g/mol. The number of aryl methyl sites for hydroxylation is 1. The molecule has 0 saturated carbocycles. The van der Waals surface area contributed by atoms with Crippen LogP contribution in [0.1, 0.15) is 30.9 Å². The van der Waals surface area contributed by atoms with Crippen molar-refractivity contribution in [3.8, 4) is 0 Å². The van der Waals surface area contributed by atoms with E-state index in [0.29, 0.717) is 0 Å². The van der Waals surface area contributed by atoms with Gasteiger partial charge < -0.3 is 15.5 Å². The molecule has 0 aromatic heterocycles. The summed E-state index contributed by atoms with van der Waals surface area (Å²) in [6, 6.07) is 6.64. The SMILES string of the molecule is CCNCc1ccc(N2CCCC(C(=O)NC)C2)c(C)c1. The Morgan fingerprint density at radius 3 is 2.90 bits per heavy atom. The molecule has 1 fully saturated rings. The van der Waals surface area contributed by atoms with Gasteiger partial charge in [0.15, 0.2) is 0 Å². The van der Waals surface area contributed by atoms with Crippen molar-refractivity contribution >= 4 is 11.6 Å². The summed E-state index contributed by atoms with van der Waals surface area (Å²) in [6.45, 7) is 8.05. The number of carbonyl (C=O) groups is 1. The van der Waals surface area contributed by atoms with Gasteiger partial charge in [0.1, 0.15) is 0 Å². The Bertz CT molecular complexity index is 487. The van der Waals surface area contributed by atoms with E-state index in [9.17, 15) is 4.79 Å². The number of anilines is 1. The lowest BCUT2D eigenvalue weighted by molar-refractivity contribution is -0.124. The predicted octanol–water partition coefficient (Wildman–Crippen LogP) is 2.07. The second kappa shape index (κ2) is 7.46. The molecule has 0 bridgehead atoms. The Balaban J connectivity index is 2.08. The van der Waals surface area contributed by atoms with Gasteiger partial charge in [-0.05, 0) is 43.5 Å². The molecule has 1 saturated heterocycles. The number of amides is 1. The topological polar surface area (TPSA) is 44.4 Å². The minimum Gasteiger partial charge on any atom is -0.371 e. The normalized spacial score (nSPS) is 18.6. The molecule has 4 heteroatoms. The minimum atomic E-state index is 0.115. The summed E-state index contributed by atoms with van der Waals surface area (Å²) in [5, 5.41) is 6.13. The van der Waals surface area contributed by atoms with Crippen molar-refractivity contribution in [1.29, 1.82) is 0 Å². The smallest absolute Gasteiger partial charge is 0.224 e. The van der Waals surface area contributed by atoms with Crippen LogP contribution in [-0.2, 0) is 11.3 Å². The molecule has 1 amide bonds. The third-order valence-electron chi connectivity index (χ3n) is 4.22. The lowest BCUT2D eigenvalue weighted by atomic mass is 9.96. The fraction of sp³-hybridized carbons (Fsp3) is 0.588. The predicted molar refractivity (Wildman–Crippen MR) is 87.6 cm³/mol. The van der Waals surface area contributed by atoms with Crippen molar-refractivity contribution in [2.24, 2.45) is 5.92 Å². The minimum absolute atomic E-state index is 0.115. The Labute approximate surface area is 127 Å². The maximum atomic E-state index is 11.9. The van der Waals surface area contributed by atoms with Crippen LogP contribution in [0.2, 0.25) is 0 Å². The summed E-state index contributed by atoms with van der Waals surface area (Å²) in [5.41, 5.74) is 3.88. The standard InChI is InChI=1S/C17H27N3O/c1-4-19-11-14-7-8-16(13(2)10-14)20-9-5-6-15(12-20)17(21)18-3/h7-8,10,15,19H,4-6,9,11-12H2,1-3H3,(H,18,21). The molecule has 0 spiro atoms. The molecule has 1 heterocycles. The second-order valence-electron chi connectivity index (χ2n) is 5.80. The lowest BCUT2D eigenvalue weighted by Gasteiger charge is -2.34. The van der Waals surface area contributed by atoms with E-state index in [0.717, 1.165) is 39.0 Å². The molecule has 1 aliphatic rings. The molecule has 1 atom stereocenters. The zero-order valence-electron chi connectivity index (χ0n) is 13.4. The van der Waals surface area contributed by atoms with Gasteiger partial charge in [0.2, 0.25) is 5.91 Å². The highest BCUT2D eigenvalue weighted by molar-refractivity contribution is 5.79. The highest BCUT2D eigenvalue weighted by Crippen LogP contribution is 2.27. The molecule has 2 N–H and O–H groups in total. The van der Waals surface area contributed by atoms with Crippen molar-refractivity contribution in [1.82, 2.24) is 10.6 Å². The summed E-state index contributed by atoms with van der Waals surface area (Å²) < 4.78 is 0. The van der Waals surface area contributed by atoms with Crippen LogP contribution in [0.5, 0.6) is 0 Å². The first-order chi connectivity index (χ1) is 10.2. The van der Waals surface area contributed by atoms with E-state index in [4.69, 9.17) is 0 Å². The maximum absolute atomic E-state index is 11.9. The van der Waals surface area contributed by atoms with Gasteiger partial charge in [0.05, 0.1) is 5.92 Å². The average Bonchev–Trinajstić information content (AvgIpc) is 2.52. The largest absolute Gasteiger partial charge is 0.371 e.